The van der Waals surface area contributed by atoms with Crippen molar-refractivity contribution in [2.45, 2.75) is 44.4 Å². The standard InChI is InChI=1S/C15H19N5O2/c1-8-9(5-21)4-11(13(8)22)20-7-18-12-14(19-10-2-3-10)16-6-17-15(12)20/h6-7,10-11,13,21-22H,2-5H2,1H3,(H,16,17,19)/t11-,13-/m1/s1. The van der Waals surface area contributed by atoms with Gasteiger partial charge in [-0.25, -0.2) is 15.0 Å². The van der Waals surface area contributed by atoms with Crippen molar-refractivity contribution in [1.29, 1.82) is 0 Å². The molecule has 0 spiro atoms. The summed E-state index contributed by atoms with van der Waals surface area (Å²) in [6, 6.07) is 0.320. The Morgan fingerprint density at radius 1 is 1.32 bits per heavy atom. The first kappa shape index (κ1) is 13.7. The van der Waals surface area contributed by atoms with Crippen molar-refractivity contribution < 1.29 is 10.2 Å². The van der Waals surface area contributed by atoms with Gasteiger partial charge in [0.25, 0.3) is 0 Å². The largest absolute Gasteiger partial charge is 0.392 e. The van der Waals surface area contributed by atoms with E-state index in [2.05, 4.69) is 20.3 Å². The molecule has 2 aliphatic carbocycles. The van der Waals surface area contributed by atoms with Gasteiger partial charge >= 0.3 is 0 Å². The van der Waals surface area contributed by atoms with Gasteiger partial charge in [0.1, 0.15) is 11.8 Å². The van der Waals surface area contributed by atoms with E-state index in [9.17, 15) is 10.2 Å². The van der Waals surface area contributed by atoms with E-state index >= 15 is 0 Å². The maximum atomic E-state index is 10.4. The Morgan fingerprint density at radius 2 is 2.14 bits per heavy atom. The zero-order valence-corrected chi connectivity index (χ0v) is 12.4. The number of hydrogen-bond donors (Lipinski definition) is 3. The Kier molecular flexibility index (Phi) is 3.12. The lowest BCUT2D eigenvalue weighted by Crippen LogP contribution is -2.20. The average Bonchev–Trinajstić information content (AvgIpc) is 3.16. The lowest BCUT2D eigenvalue weighted by atomic mass is 10.1. The van der Waals surface area contributed by atoms with Gasteiger partial charge in [0.15, 0.2) is 11.5 Å². The molecule has 0 amide bonds. The van der Waals surface area contributed by atoms with Gasteiger partial charge in [0.05, 0.1) is 25.1 Å². The van der Waals surface area contributed by atoms with E-state index in [4.69, 9.17) is 0 Å². The zero-order chi connectivity index (χ0) is 15.3. The van der Waals surface area contributed by atoms with Crippen molar-refractivity contribution in [3.8, 4) is 0 Å². The average molecular weight is 301 g/mol. The quantitative estimate of drug-likeness (QED) is 0.730. The van der Waals surface area contributed by atoms with Gasteiger partial charge in [0, 0.05) is 6.04 Å². The molecule has 2 aromatic heterocycles. The summed E-state index contributed by atoms with van der Waals surface area (Å²) >= 11 is 0. The number of aromatic nitrogens is 4. The molecule has 2 atom stereocenters. The second kappa shape index (κ2) is 5.03. The van der Waals surface area contributed by atoms with Crippen LogP contribution in [0.15, 0.2) is 23.8 Å². The van der Waals surface area contributed by atoms with E-state index in [0.29, 0.717) is 18.1 Å². The van der Waals surface area contributed by atoms with Crippen LogP contribution in [0.5, 0.6) is 0 Å². The molecule has 0 bridgehead atoms. The summed E-state index contributed by atoms with van der Waals surface area (Å²) in [6.45, 7) is 1.85. The van der Waals surface area contributed by atoms with Gasteiger partial charge in [-0.1, -0.05) is 0 Å². The number of aliphatic hydroxyl groups is 2. The molecule has 4 rings (SSSR count). The van der Waals surface area contributed by atoms with E-state index in [1.807, 2.05) is 11.5 Å². The molecule has 2 aliphatic rings. The van der Waals surface area contributed by atoms with E-state index in [0.717, 1.165) is 35.3 Å². The SMILES string of the molecule is CC1=C(CO)C[C@@H](n2cnc3c(NC4CC4)ncnc32)[C@@H]1O. The molecule has 2 heterocycles. The molecular weight excluding hydrogens is 282 g/mol. The number of hydrogen-bond acceptors (Lipinski definition) is 6. The van der Waals surface area contributed by atoms with Crippen LogP contribution in [0.3, 0.4) is 0 Å². The van der Waals surface area contributed by atoms with Gasteiger partial charge in [-0.05, 0) is 37.3 Å². The van der Waals surface area contributed by atoms with Gasteiger partial charge in [0.2, 0.25) is 0 Å². The maximum absolute atomic E-state index is 10.4. The molecule has 0 radical (unpaired) electrons. The number of rotatable bonds is 4. The summed E-state index contributed by atoms with van der Waals surface area (Å²) in [4.78, 5) is 13.1. The van der Waals surface area contributed by atoms with E-state index < -0.39 is 6.10 Å². The summed E-state index contributed by atoms with van der Waals surface area (Å²) in [5.74, 6) is 0.755. The van der Waals surface area contributed by atoms with Crippen molar-refractivity contribution in [2.24, 2.45) is 0 Å². The third kappa shape index (κ3) is 2.08. The zero-order valence-electron chi connectivity index (χ0n) is 12.4. The second-order valence-electron chi connectivity index (χ2n) is 6.13. The topological polar surface area (TPSA) is 96.1 Å². The van der Waals surface area contributed by atoms with Crippen LogP contribution in [0.1, 0.15) is 32.2 Å². The molecule has 0 saturated heterocycles. The van der Waals surface area contributed by atoms with Gasteiger partial charge in [-0.2, -0.15) is 0 Å². The molecule has 22 heavy (non-hydrogen) atoms. The predicted octanol–water partition coefficient (Wildman–Crippen LogP) is 1.02. The van der Waals surface area contributed by atoms with Crippen LogP contribution < -0.4 is 5.32 Å². The van der Waals surface area contributed by atoms with E-state index in [1.165, 1.54) is 6.33 Å². The number of nitrogens with zero attached hydrogens (tertiary/aromatic N) is 4. The molecule has 0 unspecified atom stereocenters. The smallest absolute Gasteiger partial charge is 0.165 e. The van der Waals surface area contributed by atoms with Crippen LogP contribution >= 0.6 is 0 Å². The lowest BCUT2D eigenvalue weighted by Gasteiger charge is -2.18. The van der Waals surface area contributed by atoms with Crippen molar-refractivity contribution in [3.05, 3.63) is 23.8 Å². The van der Waals surface area contributed by atoms with Crippen LogP contribution in [0.2, 0.25) is 0 Å². The van der Waals surface area contributed by atoms with Gasteiger partial charge in [-0.3, -0.25) is 0 Å². The number of nitrogens with one attached hydrogen (secondary N) is 1. The minimum absolute atomic E-state index is 0.0184. The lowest BCUT2D eigenvalue weighted by molar-refractivity contribution is 0.160. The van der Waals surface area contributed by atoms with Gasteiger partial charge < -0.3 is 20.1 Å². The molecular formula is C15H19N5O2. The molecule has 1 saturated carbocycles. The maximum Gasteiger partial charge on any atom is 0.165 e. The van der Waals surface area contributed by atoms with Crippen LogP contribution in [0, 0.1) is 0 Å². The summed E-state index contributed by atoms with van der Waals surface area (Å²) in [6.07, 6.45) is 5.56. The van der Waals surface area contributed by atoms with Crippen LogP contribution in [0.4, 0.5) is 5.82 Å². The number of imidazole rings is 1. The Bertz CT molecular complexity index is 749. The van der Waals surface area contributed by atoms with Crippen LogP contribution in [0.25, 0.3) is 11.2 Å². The van der Waals surface area contributed by atoms with Crippen LogP contribution in [-0.4, -0.2) is 48.5 Å². The molecule has 7 nitrogen and oxygen atoms in total. The molecule has 116 valence electrons. The molecule has 3 N–H and O–H groups in total. The third-order valence-corrected chi connectivity index (χ3v) is 4.65. The van der Waals surface area contributed by atoms with Crippen molar-refractivity contribution in [3.63, 3.8) is 0 Å². The van der Waals surface area contributed by atoms with Crippen molar-refractivity contribution in [1.82, 2.24) is 19.5 Å². The van der Waals surface area contributed by atoms with E-state index in [1.54, 1.807) is 6.33 Å². The molecule has 7 heteroatoms. The highest BCUT2D eigenvalue weighted by atomic mass is 16.3. The summed E-state index contributed by atoms with van der Waals surface area (Å²) in [7, 11) is 0. The first-order valence-electron chi connectivity index (χ1n) is 7.60. The Labute approximate surface area is 127 Å². The first-order chi connectivity index (χ1) is 10.7. The highest BCUT2D eigenvalue weighted by molar-refractivity contribution is 5.83. The Balaban J connectivity index is 1.71. The molecule has 0 aromatic carbocycles. The predicted molar refractivity (Wildman–Crippen MR) is 81.4 cm³/mol. The highest BCUT2D eigenvalue weighted by Crippen LogP contribution is 2.37. The first-order valence-corrected chi connectivity index (χ1v) is 7.60. The minimum Gasteiger partial charge on any atom is -0.392 e. The Hall–Kier alpha value is -1.99. The Morgan fingerprint density at radius 3 is 2.82 bits per heavy atom. The fourth-order valence-electron chi connectivity index (χ4n) is 3.08. The normalized spacial score (nSPS) is 25.2. The van der Waals surface area contributed by atoms with Crippen molar-refractivity contribution >= 4 is 17.0 Å². The fourth-order valence-corrected chi connectivity index (χ4v) is 3.08. The summed E-state index contributed by atoms with van der Waals surface area (Å²) in [5, 5.41) is 23.2. The van der Waals surface area contributed by atoms with E-state index in [-0.39, 0.29) is 12.6 Å². The highest BCUT2D eigenvalue weighted by Gasteiger charge is 2.33. The monoisotopic (exact) mass is 301 g/mol. The minimum atomic E-state index is -0.616. The third-order valence-electron chi connectivity index (χ3n) is 4.65. The molecule has 0 aliphatic heterocycles. The molecule has 1 fully saturated rings. The summed E-state index contributed by atoms with van der Waals surface area (Å²) < 4.78 is 1.89. The van der Waals surface area contributed by atoms with Gasteiger partial charge in [-0.15, -0.1) is 0 Å². The fraction of sp³-hybridized carbons (Fsp3) is 0.533. The number of anilines is 1. The molecule has 2 aromatic rings. The van der Waals surface area contributed by atoms with Crippen LogP contribution in [-0.2, 0) is 0 Å². The number of aliphatic hydroxyl groups excluding tert-OH is 2. The summed E-state index contributed by atoms with van der Waals surface area (Å²) in [5.41, 5.74) is 3.19. The number of fused-ring (bicyclic) bond motifs is 1. The van der Waals surface area contributed by atoms with Crippen molar-refractivity contribution in [2.75, 3.05) is 11.9 Å². The second-order valence-corrected chi connectivity index (χ2v) is 6.13.